The largest absolute Gasteiger partial charge is 0.313 e. The molecular weight excluding hydrogens is 271 g/mol. The van der Waals surface area contributed by atoms with Gasteiger partial charge in [-0.05, 0) is 56.1 Å². The predicted octanol–water partition coefficient (Wildman–Crippen LogP) is 2.80. The van der Waals surface area contributed by atoms with Crippen LogP contribution in [-0.2, 0) is 0 Å². The van der Waals surface area contributed by atoms with Crippen LogP contribution in [0.2, 0.25) is 0 Å². The summed E-state index contributed by atoms with van der Waals surface area (Å²) in [5.41, 5.74) is 0.721. The van der Waals surface area contributed by atoms with E-state index in [2.05, 4.69) is 26.1 Å². The Morgan fingerprint density at radius 1 is 1.44 bits per heavy atom. The molecule has 0 aromatic heterocycles. The molecule has 0 aliphatic heterocycles. The van der Waals surface area contributed by atoms with Crippen molar-refractivity contribution in [3.63, 3.8) is 0 Å². The van der Waals surface area contributed by atoms with Gasteiger partial charge < -0.3 is 10.2 Å². The summed E-state index contributed by atoms with van der Waals surface area (Å²) >= 11 is 3.21. The second kappa shape index (κ2) is 6.33. The molecule has 90 valence electrons. The van der Waals surface area contributed by atoms with Crippen molar-refractivity contribution < 1.29 is 4.39 Å². The molecule has 1 atom stereocenters. The minimum atomic E-state index is -0.166. The molecule has 1 aromatic carbocycles. The number of nitrogens with one attached hydrogen (secondary N) is 1. The Morgan fingerprint density at radius 3 is 2.69 bits per heavy atom. The normalized spacial score (nSPS) is 13.1. The molecule has 0 saturated carbocycles. The van der Waals surface area contributed by atoms with Gasteiger partial charge in [-0.25, -0.2) is 4.39 Å². The second-order valence-corrected chi connectivity index (χ2v) is 4.93. The highest BCUT2D eigenvalue weighted by atomic mass is 79.9. The highest BCUT2D eigenvalue weighted by Gasteiger charge is 2.15. The van der Waals surface area contributed by atoms with Gasteiger partial charge >= 0.3 is 0 Å². The lowest BCUT2D eigenvalue weighted by Crippen LogP contribution is -2.23. The van der Waals surface area contributed by atoms with Crippen molar-refractivity contribution in [2.75, 3.05) is 27.7 Å². The van der Waals surface area contributed by atoms with E-state index in [0.29, 0.717) is 4.47 Å². The van der Waals surface area contributed by atoms with Gasteiger partial charge in [0.2, 0.25) is 0 Å². The molecule has 1 rings (SSSR count). The summed E-state index contributed by atoms with van der Waals surface area (Å²) in [4.78, 5) is 2.10. The Bertz CT molecular complexity index is 342. The molecule has 1 aromatic rings. The Labute approximate surface area is 105 Å². The maximum Gasteiger partial charge on any atom is 0.142 e. The molecule has 0 heterocycles. The van der Waals surface area contributed by atoms with E-state index in [1.807, 2.05) is 33.3 Å². The van der Waals surface area contributed by atoms with Crippen molar-refractivity contribution in [1.29, 1.82) is 0 Å². The molecule has 1 unspecified atom stereocenters. The first-order valence-corrected chi connectivity index (χ1v) is 6.11. The van der Waals surface area contributed by atoms with Crippen LogP contribution in [0.1, 0.15) is 18.0 Å². The number of rotatable bonds is 5. The molecule has 0 radical (unpaired) electrons. The molecular formula is C12H18BrFN2. The summed E-state index contributed by atoms with van der Waals surface area (Å²) < 4.78 is 14.4. The quantitative estimate of drug-likeness (QED) is 0.896. The van der Waals surface area contributed by atoms with Crippen LogP contribution in [-0.4, -0.2) is 32.6 Å². The minimum absolute atomic E-state index is 0.0555. The van der Waals surface area contributed by atoms with E-state index in [9.17, 15) is 4.39 Å². The summed E-state index contributed by atoms with van der Waals surface area (Å²) in [5, 5.41) is 3.15. The SMILES string of the molecule is CNC(CCN(C)C)c1cccc(Br)c1F. The fraction of sp³-hybridized carbons (Fsp3) is 0.500. The predicted molar refractivity (Wildman–Crippen MR) is 69.1 cm³/mol. The van der Waals surface area contributed by atoms with E-state index in [0.717, 1.165) is 18.5 Å². The van der Waals surface area contributed by atoms with Gasteiger partial charge in [0.15, 0.2) is 0 Å². The fourth-order valence-electron chi connectivity index (χ4n) is 1.63. The van der Waals surface area contributed by atoms with Crippen molar-refractivity contribution in [3.05, 3.63) is 34.1 Å². The Hall–Kier alpha value is -0.450. The fourth-order valence-corrected chi connectivity index (χ4v) is 2.01. The molecule has 0 bridgehead atoms. The molecule has 1 N–H and O–H groups in total. The number of benzene rings is 1. The number of hydrogen-bond donors (Lipinski definition) is 1. The summed E-state index contributed by atoms with van der Waals surface area (Å²) in [6, 6.07) is 5.47. The van der Waals surface area contributed by atoms with Crippen LogP contribution < -0.4 is 5.32 Å². The van der Waals surface area contributed by atoms with Gasteiger partial charge in [0.1, 0.15) is 5.82 Å². The second-order valence-electron chi connectivity index (χ2n) is 4.08. The first-order valence-electron chi connectivity index (χ1n) is 5.32. The van der Waals surface area contributed by atoms with Gasteiger partial charge in [0.25, 0.3) is 0 Å². The van der Waals surface area contributed by atoms with E-state index in [1.165, 1.54) is 0 Å². The molecule has 2 nitrogen and oxygen atoms in total. The maximum absolute atomic E-state index is 13.9. The van der Waals surface area contributed by atoms with Crippen LogP contribution in [0.4, 0.5) is 4.39 Å². The first-order chi connectivity index (χ1) is 7.56. The topological polar surface area (TPSA) is 15.3 Å². The van der Waals surface area contributed by atoms with Crippen LogP contribution in [0.15, 0.2) is 22.7 Å². The van der Waals surface area contributed by atoms with Crippen LogP contribution >= 0.6 is 15.9 Å². The van der Waals surface area contributed by atoms with Gasteiger partial charge in [-0.1, -0.05) is 12.1 Å². The average Bonchev–Trinajstić information content (AvgIpc) is 2.24. The summed E-state index contributed by atoms with van der Waals surface area (Å²) in [6.45, 7) is 0.928. The van der Waals surface area contributed by atoms with Gasteiger partial charge in [-0.2, -0.15) is 0 Å². The highest BCUT2D eigenvalue weighted by Crippen LogP contribution is 2.25. The zero-order valence-electron chi connectivity index (χ0n) is 9.93. The molecule has 0 fully saturated rings. The Balaban J connectivity index is 2.82. The van der Waals surface area contributed by atoms with Crippen molar-refractivity contribution in [2.24, 2.45) is 0 Å². The highest BCUT2D eigenvalue weighted by molar-refractivity contribution is 9.10. The number of halogens is 2. The lowest BCUT2D eigenvalue weighted by atomic mass is 10.0. The van der Waals surface area contributed by atoms with Gasteiger partial charge in [0.05, 0.1) is 4.47 Å². The Morgan fingerprint density at radius 2 is 2.12 bits per heavy atom. The summed E-state index contributed by atoms with van der Waals surface area (Å²) in [6.07, 6.45) is 0.886. The van der Waals surface area contributed by atoms with E-state index >= 15 is 0 Å². The first kappa shape index (κ1) is 13.6. The lowest BCUT2D eigenvalue weighted by Gasteiger charge is -2.20. The molecule has 4 heteroatoms. The van der Waals surface area contributed by atoms with Crippen LogP contribution in [0.25, 0.3) is 0 Å². The number of hydrogen-bond acceptors (Lipinski definition) is 2. The molecule has 16 heavy (non-hydrogen) atoms. The smallest absolute Gasteiger partial charge is 0.142 e. The summed E-state index contributed by atoms with van der Waals surface area (Å²) in [5.74, 6) is -0.166. The number of nitrogens with zero attached hydrogens (tertiary/aromatic N) is 1. The third-order valence-corrected chi connectivity index (χ3v) is 3.18. The van der Waals surface area contributed by atoms with Crippen molar-refractivity contribution in [2.45, 2.75) is 12.5 Å². The average molecular weight is 289 g/mol. The summed E-state index contributed by atoms with van der Waals surface area (Å²) in [7, 11) is 5.90. The zero-order chi connectivity index (χ0) is 12.1. The maximum atomic E-state index is 13.9. The third-order valence-electron chi connectivity index (χ3n) is 2.57. The van der Waals surface area contributed by atoms with Gasteiger partial charge in [0, 0.05) is 11.6 Å². The van der Waals surface area contributed by atoms with E-state index in [4.69, 9.17) is 0 Å². The third kappa shape index (κ3) is 3.54. The Kier molecular flexibility index (Phi) is 5.38. The molecule has 0 saturated heterocycles. The standard InChI is InChI=1S/C12H18BrFN2/c1-15-11(7-8-16(2)3)9-5-4-6-10(13)12(9)14/h4-6,11,15H,7-8H2,1-3H3. The van der Waals surface area contributed by atoms with Crippen molar-refractivity contribution in [1.82, 2.24) is 10.2 Å². The van der Waals surface area contributed by atoms with Crippen molar-refractivity contribution in [3.8, 4) is 0 Å². The molecule has 0 aliphatic rings. The van der Waals surface area contributed by atoms with Crippen LogP contribution in [0.5, 0.6) is 0 Å². The van der Waals surface area contributed by atoms with E-state index in [-0.39, 0.29) is 11.9 Å². The molecule has 0 amide bonds. The minimum Gasteiger partial charge on any atom is -0.313 e. The monoisotopic (exact) mass is 288 g/mol. The van der Waals surface area contributed by atoms with E-state index in [1.54, 1.807) is 6.07 Å². The lowest BCUT2D eigenvalue weighted by molar-refractivity contribution is 0.364. The molecule has 0 spiro atoms. The van der Waals surface area contributed by atoms with Crippen LogP contribution in [0, 0.1) is 5.82 Å². The van der Waals surface area contributed by atoms with Gasteiger partial charge in [-0.3, -0.25) is 0 Å². The zero-order valence-corrected chi connectivity index (χ0v) is 11.5. The van der Waals surface area contributed by atoms with E-state index < -0.39 is 0 Å². The van der Waals surface area contributed by atoms with Crippen LogP contribution in [0.3, 0.4) is 0 Å². The van der Waals surface area contributed by atoms with Gasteiger partial charge in [-0.15, -0.1) is 0 Å². The van der Waals surface area contributed by atoms with Crippen molar-refractivity contribution >= 4 is 15.9 Å². The molecule has 0 aliphatic carbocycles.